The molecule has 1 aliphatic rings. The molecular formula is C10H13N3O. The van der Waals surface area contributed by atoms with Crippen LogP contribution in [0.4, 0.5) is 0 Å². The fraction of sp³-hybridized carbons (Fsp3) is 0.200. The number of nitrogen functional groups attached to an aromatic ring is 1. The summed E-state index contributed by atoms with van der Waals surface area (Å²) in [5, 5.41) is 10.5. The maximum atomic E-state index is 7.01. The molecule has 14 heavy (non-hydrogen) atoms. The predicted octanol–water partition coefficient (Wildman–Crippen LogP) is 1.36. The van der Waals surface area contributed by atoms with Gasteiger partial charge in [-0.2, -0.15) is 0 Å². The van der Waals surface area contributed by atoms with Crippen LogP contribution >= 0.6 is 0 Å². The first-order chi connectivity index (χ1) is 6.80. The molecule has 1 heterocycles. The molecule has 0 amide bonds. The van der Waals surface area contributed by atoms with Crippen molar-refractivity contribution in [1.82, 2.24) is 0 Å². The summed E-state index contributed by atoms with van der Waals surface area (Å²) in [4.78, 5) is 4.51. The lowest BCUT2D eigenvalue weighted by Crippen LogP contribution is -2.10. The molecule has 0 unspecified atom stereocenters. The minimum Gasteiger partial charge on any atom is -0.396 e. The molecule has 0 bridgehead atoms. The van der Waals surface area contributed by atoms with E-state index in [1.54, 1.807) is 6.21 Å². The van der Waals surface area contributed by atoms with E-state index in [2.05, 4.69) is 9.99 Å². The summed E-state index contributed by atoms with van der Waals surface area (Å²) in [5.41, 5.74) is 5.97. The Hall–Kier alpha value is -1.84. The second kappa shape index (κ2) is 5.75. The van der Waals surface area contributed by atoms with Crippen LogP contribution in [0.5, 0.6) is 0 Å². The molecule has 0 saturated heterocycles. The first-order valence-corrected chi connectivity index (χ1v) is 4.34. The average Bonchev–Trinajstić information content (AvgIpc) is 2.77. The van der Waals surface area contributed by atoms with Gasteiger partial charge in [-0.3, -0.25) is 5.41 Å². The van der Waals surface area contributed by atoms with Crippen LogP contribution in [-0.2, 0) is 4.84 Å². The Bertz CT molecular complexity index is 302. The van der Waals surface area contributed by atoms with E-state index in [-0.39, 0.29) is 5.84 Å². The minimum absolute atomic E-state index is 0.121. The highest BCUT2D eigenvalue weighted by Gasteiger charge is 1.89. The van der Waals surface area contributed by atoms with Gasteiger partial charge in [-0.1, -0.05) is 35.5 Å². The summed E-state index contributed by atoms with van der Waals surface area (Å²) in [6.45, 7) is 0.778. The van der Waals surface area contributed by atoms with Gasteiger partial charge in [-0.15, -0.1) is 0 Å². The molecule has 3 N–H and O–H groups in total. The van der Waals surface area contributed by atoms with Crippen molar-refractivity contribution < 1.29 is 4.84 Å². The number of hydrogen-bond donors (Lipinski definition) is 2. The second-order valence-corrected chi connectivity index (χ2v) is 2.69. The number of rotatable bonds is 1. The van der Waals surface area contributed by atoms with E-state index in [0.29, 0.717) is 0 Å². The summed E-state index contributed by atoms with van der Waals surface area (Å²) in [5.74, 6) is 0.121. The van der Waals surface area contributed by atoms with E-state index in [9.17, 15) is 0 Å². The molecule has 74 valence electrons. The van der Waals surface area contributed by atoms with Crippen molar-refractivity contribution >= 4 is 12.1 Å². The first-order valence-electron chi connectivity index (χ1n) is 4.34. The first kappa shape index (κ1) is 10.2. The monoisotopic (exact) mass is 191 g/mol. The number of amidine groups is 1. The lowest BCUT2D eigenvalue weighted by Gasteiger charge is -1.93. The molecule has 0 spiro atoms. The fourth-order valence-electron chi connectivity index (χ4n) is 0.881. The van der Waals surface area contributed by atoms with Gasteiger partial charge in [0.15, 0.2) is 0 Å². The maximum absolute atomic E-state index is 7.01. The van der Waals surface area contributed by atoms with Crippen LogP contribution in [0.3, 0.4) is 0 Å². The van der Waals surface area contributed by atoms with Crippen LogP contribution in [0.1, 0.15) is 12.0 Å². The Morgan fingerprint density at radius 2 is 2.07 bits per heavy atom. The van der Waals surface area contributed by atoms with Crippen molar-refractivity contribution in [3.63, 3.8) is 0 Å². The molecule has 1 aromatic rings. The van der Waals surface area contributed by atoms with Crippen LogP contribution in [-0.4, -0.2) is 18.7 Å². The van der Waals surface area contributed by atoms with E-state index in [4.69, 9.17) is 11.1 Å². The van der Waals surface area contributed by atoms with Crippen molar-refractivity contribution in [1.29, 1.82) is 5.41 Å². The SMILES string of the molecule is C1=NOCC1.N=C(N)c1ccccc1. The summed E-state index contributed by atoms with van der Waals surface area (Å²) < 4.78 is 0. The molecule has 4 heteroatoms. The summed E-state index contributed by atoms with van der Waals surface area (Å²) in [7, 11) is 0. The Balaban J connectivity index is 0.000000165. The molecule has 0 saturated carbocycles. The zero-order valence-electron chi connectivity index (χ0n) is 7.81. The summed E-state index contributed by atoms with van der Waals surface area (Å²) in [6.07, 6.45) is 2.75. The predicted molar refractivity (Wildman–Crippen MR) is 56.5 cm³/mol. The van der Waals surface area contributed by atoms with E-state index < -0.39 is 0 Å². The third-order valence-electron chi connectivity index (χ3n) is 1.57. The summed E-state index contributed by atoms with van der Waals surface area (Å²) in [6, 6.07) is 9.23. The van der Waals surface area contributed by atoms with Crippen LogP contribution in [0.15, 0.2) is 35.5 Å². The Morgan fingerprint density at radius 3 is 2.36 bits per heavy atom. The number of hydrogen-bond acceptors (Lipinski definition) is 3. The standard InChI is InChI=1S/C7H8N2.C3H5NO/c8-7(9)6-4-2-1-3-5-6;1-2-4-5-3-1/h1-5H,(H3,8,9);2H,1,3H2. The second-order valence-electron chi connectivity index (χ2n) is 2.69. The van der Waals surface area contributed by atoms with E-state index in [1.165, 1.54) is 0 Å². The van der Waals surface area contributed by atoms with Crippen LogP contribution < -0.4 is 5.73 Å². The van der Waals surface area contributed by atoms with E-state index in [0.717, 1.165) is 18.6 Å². The van der Waals surface area contributed by atoms with Gasteiger partial charge in [0.25, 0.3) is 0 Å². The number of nitrogens with zero attached hydrogens (tertiary/aromatic N) is 1. The van der Waals surface area contributed by atoms with Gasteiger partial charge >= 0.3 is 0 Å². The van der Waals surface area contributed by atoms with Crippen molar-refractivity contribution in [2.75, 3.05) is 6.61 Å². The summed E-state index contributed by atoms with van der Waals surface area (Å²) >= 11 is 0. The van der Waals surface area contributed by atoms with Crippen molar-refractivity contribution in [3.8, 4) is 0 Å². The van der Waals surface area contributed by atoms with Gasteiger partial charge in [0, 0.05) is 18.2 Å². The van der Waals surface area contributed by atoms with Crippen molar-refractivity contribution in [2.45, 2.75) is 6.42 Å². The van der Waals surface area contributed by atoms with Crippen LogP contribution in [0, 0.1) is 5.41 Å². The molecule has 0 aromatic heterocycles. The molecule has 2 rings (SSSR count). The topological polar surface area (TPSA) is 71.5 Å². The van der Waals surface area contributed by atoms with Gasteiger partial charge < -0.3 is 10.6 Å². The van der Waals surface area contributed by atoms with Crippen LogP contribution in [0.25, 0.3) is 0 Å². The molecule has 0 atom stereocenters. The van der Waals surface area contributed by atoms with Crippen molar-refractivity contribution in [2.24, 2.45) is 10.9 Å². The van der Waals surface area contributed by atoms with Crippen molar-refractivity contribution in [3.05, 3.63) is 35.9 Å². The highest BCUT2D eigenvalue weighted by atomic mass is 16.6. The zero-order chi connectivity index (χ0) is 10.2. The molecule has 0 fully saturated rings. The minimum atomic E-state index is 0.121. The highest BCUT2D eigenvalue weighted by Crippen LogP contribution is 1.94. The number of benzene rings is 1. The lowest BCUT2D eigenvalue weighted by atomic mass is 10.2. The highest BCUT2D eigenvalue weighted by molar-refractivity contribution is 5.94. The number of nitrogens with two attached hydrogens (primary N) is 1. The van der Waals surface area contributed by atoms with Gasteiger partial charge in [-0.05, 0) is 0 Å². The van der Waals surface area contributed by atoms with Gasteiger partial charge in [0.1, 0.15) is 12.4 Å². The van der Waals surface area contributed by atoms with Gasteiger partial charge in [-0.25, -0.2) is 0 Å². The normalized spacial score (nSPS) is 12.6. The average molecular weight is 191 g/mol. The molecule has 1 aliphatic heterocycles. The number of nitrogens with one attached hydrogen (secondary N) is 1. The van der Waals surface area contributed by atoms with E-state index in [1.807, 2.05) is 30.3 Å². The third kappa shape index (κ3) is 3.71. The molecule has 0 radical (unpaired) electrons. The van der Waals surface area contributed by atoms with Gasteiger partial charge in [0.05, 0.1) is 0 Å². The van der Waals surface area contributed by atoms with Crippen LogP contribution in [0.2, 0.25) is 0 Å². The smallest absolute Gasteiger partial charge is 0.122 e. The fourth-order valence-corrected chi connectivity index (χ4v) is 0.881. The zero-order valence-corrected chi connectivity index (χ0v) is 7.81. The van der Waals surface area contributed by atoms with Gasteiger partial charge in [0.2, 0.25) is 0 Å². The molecule has 0 aliphatic carbocycles. The third-order valence-corrected chi connectivity index (χ3v) is 1.57. The molecule has 4 nitrogen and oxygen atoms in total. The Kier molecular flexibility index (Phi) is 4.20. The largest absolute Gasteiger partial charge is 0.396 e. The Labute approximate surface area is 82.9 Å². The number of oxime groups is 1. The Morgan fingerprint density at radius 1 is 1.36 bits per heavy atom. The lowest BCUT2D eigenvalue weighted by molar-refractivity contribution is 0.174. The van der Waals surface area contributed by atoms with E-state index >= 15 is 0 Å². The quantitative estimate of drug-likeness (QED) is 0.519. The maximum Gasteiger partial charge on any atom is 0.122 e. The molecule has 1 aromatic carbocycles. The molecular weight excluding hydrogens is 178 g/mol.